The van der Waals surface area contributed by atoms with Gasteiger partial charge in [0, 0.05) is 6.54 Å². The van der Waals surface area contributed by atoms with Crippen LogP contribution in [0.2, 0.25) is 0 Å². The molecule has 1 unspecified atom stereocenters. The molecule has 0 aliphatic carbocycles. The predicted molar refractivity (Wildman–Crippen MR) is 64.4 cm³/mol. The van der Waals surface area contributed by atoms with Crippen LogP contribution in [0.3, 0.4) is 0 Å². The van der Waals surface area contributed by atoms with Gasteiger partial charge in [0.15, 0.2) is 0 Å². The van der Waals surface area contributed by atoms with Gasteiger partial charge in [-0.1, -0.05) is 12.1 Å². The largest absolute Gasteiger partial charge is 0.497 e. The monoisotopic (exact) mass is 233 g/mol. The third-order valence-corrected chi connectivity index (χ3v) is 2.86. The molecule has 0 saturated carbocycles. The average Bonchev–Trinajstić information content (AvgIpc) is 2.63. The van der Waals surface area contributed by atoms with Gasteiger partial charge in [0.25, 0.3) is 0 Å². The number of hydrogen-bond donors (Lipinski definition) is 2. The summed E-state index contributed by atoms with van der Waals surface area (Å²) in [4.78, 5) is 13.2. The molecule has 0 radical (unpaired) electrons. The standard InChI is InChI=1S/C12H15N3O2/c1-3-15-10(11(13)14-12(15)16)8-4-6-9(17-2)7-5-8/h4-7,10H,3H2,1-2H3,(H2,13,14,16). The Morgan fingerprint density at radius 2 is 2.06 bits per heavy atom. The number of methoxy groups -OCH3 is 1. The molecule has 5 heteroatoms. The topological polar surface area (TPSA) is 65.4 Å². The minimum atomic E-state index is -0.307. The molecular weight excluding hydrogens is 218 g/mol. The lowest BCUT2D eigenvalue weighted by Crippen LogP contribution is -2.29. The molecule has 5 nitrogen and oxygen atoms in total. The first-order chi connectivity index (χ1) is 8.17. The van der Waals surface area contributed by atoms with Gasteiger partial charge in [-0.25, -0.2) is 4.79 Å². The van der Waals surface area contributed by atoms with Crippen LogP contribution in [0.15, 0.2) is 24.3 Å². The molecule has 1 atom stereocenters. The van der Waals surface area contributed by atoms with Crippen LogP contribution < -0.4 is 10.1 Å². The number of rotatable bonds is 3. The number of nitrogens with zero attached hydrogens (tertiary/aromatic N) is 1. The normalized spacial score (nSPS) is 19.4. The number of amides is 2. The molecule has 0 spiro atoms. The Morgan fingerprint density at radius 3 is 2.59 bits per heavy atom. The van der Waals surface area contributed by atoms with E-state index in [0.29, 0.717) is 6.54 Å². The van der Waals surface area contributed by atoms with Gasteiger partial charge < -0.3 is 9.64 Å². The second kappa shape index (κ2) is 4.45. The Labute approximate surface area is 99.9 Å². The number of carbonyl (C=O) groups is 1. The van der Waals surface area contributed by atoms with E-state index in [2.05, 4.69) is 5.32 Å². The summed E-state index contributed by atoms with van der Waals surface area (Å²) in [7, 11) is 1.61. The fourth-order valence-electron chi connectivity index (χ4n) is 1.99. The first-order valence-corrected chi connectivity index (χ1v) is 5.47. The van der Waals surface area contributed by atoms with Crippen LogP contribution in [-0.2, 0) is 0 Å². The lowest BCUT2D eigenvalue weighted by atomic mass is 10.1. The second-order valence-corrected chi connectivity index (χ2v) is 3.81. The summed E-state index contributed by atoms with van der Waals surface area (Å²) >= 11 is 0. The van der Waals surface area contributed by atoms with Crippen LogP contribution in [-0.4, -0.2) is 30.4 Å². The van der Waals surface area contributed by atoms with Crippen molar-refractivity contribution in [1.82, 2.24) is 10.2 Å². The molecule has 2 rings (SSSR count). The minimum Gasteiger partial charge on any atom is -0.497 e. The van der Waals surface area contributed by atoms with Crippen molar-refractivity contribution < 1.29 is 9.53 Å². The van der Waals surface area contributed by atoms with Crippen LogP contribution in [0.4, 0.5) is 4.79 Å². The van der Waals surface area contributed by atoms with E-state index in [1.165, 1.54) is 0 Å². The van der Waals surface area contributed by atoms with Gasteiger partial charge in [-0.3, -0.25) is 10.7 Å². The van der Waals surface area contributed by atoms with Crippen LogP contribution >= 0.6 is 0 Å². The van der Waals surface area contributed by atoms with E-state index in [4.69, 9.17) is 10.1 Å². The highest BCUT2D eigenvalue weighted by Gasteiger charge is 2.35. The molecule has 1 saturated heterocycles. The van der Waals surface area contributed by atoms with E-state index in [-0.39, 0.29) is 17.9 Å². The number of benzene rings is 1. The summed E-state index contributed by atoms with van der Waals surface area (Å²) < 4.78 is 5.08. The van der Waals surface area contributed by atoms with Crippen molar-refractivity contribution in [3.8, 4) is 5.75 Å². The second-order valence-electron chi connectivity index (χ2n) is 3.81. The Balaban J connectivity index is 2.31. The zero-order chi connectivity index (χ0) is 12.4. The van der Waals surface area contributed by atoms with Crippen LogP contribution in [0.25, 0.3) is 0 Å². The van der Waals surface area contributed by atoms with Crippen molar-refractivity contribution in [3.63, 3.8) is 0 Å². The van der Waals surface area contributed by atoms with E-state index in [1.54, 1.807) is 12.0 Å². The first kappa shape index (κ1) is 11.4. The van der Waals surface area contributed by atoms with E-state index in [9.17, 15) is 4.79 Å². The molecule has 1 aliphatic rings. The summed E-state index contributed by atoms with van der Waals surface area (Å²) in [5.41, 5.74) is 0.913. The summed E-state index contributed by atoms with van der Waals surface area (Å²) in [6.45, 7) is 2.47. The van der Waals surface area contributed by atoms with Crippen molar-refractivity contribution in [1.29, 1.82) is 5.41 Å². The Kier molecular flexibility index (Phi) is 2.99. The first-order valence-electron chi connectivity index (χ1n) is 5.47. The number of nitrogens with one attached hydrogen (secondary N) is 2. The van der Waals surface area contributed by atoms with Crippen molar-refractivity contribution in [2.24, 2.45) is 0 Å². The third kappa shape index (κ3) is 1.95. The average molecular weight is 233 g/mol. The lowest BCUT2D eigenvalue weighted by molar-refractivity contribution is 0.209. The molecule has 1 aromatic carbocycles. The lowest BCUT2D eigenvalue weighted by Gasteiger charge is -2.21. The zero-order valence-electron chi connectivity index (χ0n) is 9.86. The molecule has 1 heterocycles. The third-order valence-electron chi connectivity index (χ3n) is 2.86. The molecule has 0 aromatic heterocycles. The van der Waals surface area contributed by atoms with Gasteiger partial charge in [-0.2, -0.15) is 0 Å². The summed E-state index contributed by atoms with van der Waals surface area (Å²) in [5, 5.41) is 10.3. The predicted octanol–water partition coefficient (Wildman–Crippen LogP) is 1.76. The van der Waals surface area contributed by atoms with Crippen molar-refractivity contribution in [2.75, 3.05) is 13.7 Å². The molecule has 2 N–H and O–H groups in total. The van der Waals surface area contributed by atoms with Crippen LogP contribution in [0, 0.1) is 5.41 Å². The van der Waals surface area contributed by atoms with Crippen LogP contribution in [0.5, 0.6) is 5.75 Å². The minimum absolute atomic E-state index is 0.210. The summed E-state index contributed by atoms with van der Waals surface area (Å²) in [6, 6.07) is 6.90. The number of hydrogen-bond acceptors (Lipinski definition) is 3. The van der Waals surface area contributed by atoms with Gasteiger partial charge in [-0.15, -0.1) is 0 Å². The van der Waals surface area contributed by atoms with Gasteiger partial charge >= 0.3 is 6.03 Å². The Bertz CT molecular complexity index is 442. The fraction of sp³-hybridized carbons (Fsp3) is 0.333. The summed E-state index contributed by atoms with van der Waals surface area (Å²) in [6.07, 6.45) is 0. The number of amidine groups is 1. The Hall–Kier alpha value is -2.04. The molecule has 1 aromatic rings. The van der Waals surface area contributed by atoms with Crippen molar-refractivity contribution in [2.45, 2.75) is 13.0 Å². The highest BCUT2D eigenvalue weighted by molar-refractivity contribution is 6.05. The number of ether oxygens (including phenoxy) is 1. The van der Waals surface area contributed by atoms with Gasteiger partial charge in [0.2, 0.25) is 0 Å². The number of urea groups is 1. The maximum atomic E-state index is 11.6. The van der Waals surface area contributed by atoms with Crippen molar-refractivity contribution >= 4 is 11.9 Å². The van der Waals surface area contributed by atoms with Gasteiger partial charge in [0.05, 0.1) is 7.11 Å². The summed E-state index contributed by atoms with van der Waals surface area (Å²) in [5.74, 6) is 0.989. The van der Waals surface area contributed by atoms with Crippen LogP contribution in [0.1, 0.15) is 18.5 Å². The van der Waals surface area contributed by atoms with E-state index >= 15 is 0 Å². The van der Waals surface area contributed by atoms with Gasteiger partial charge in [-0.05, 0) is 24.6 Å². The smallest absolute Gasteiger partial charge is 0.323 e. The molecule has 2 amide bonds. The van der Waals surface area contributed by atoms with E-state index in [0.717, 1.165) is 11.3 Å². The molecular formula is C12H15N3O2. The van der Waals surface area contributed by atoms with E-state index < -0.39 is 0 Å². The van der Waals surface area contributed by atoms with E-state index in [1.807, 2.05) is 31.2 Å². The zero-order valence-corrected chi connectivity index (χ0v) is 9.86. The maximum Gasteiger partial charge on any atom is 0.323 e. The molecule has 17 heavy (non-hydrogen) atoms. The fourth-order valence-corrected chi connectivity index (χ4v) is 1.99. The highest BCUT2D eigenvalue weighted by atomic mass is 16.5. The molecule has 1 aliphatic heterocycles. The van der Waals surface area contributed by atoms with Gasteiger partial charge in [0.1, 0.15) is 17.6 Å². The SMILES string of the molecule is CCN1C(=O)NC(=N)C1c1ccc(OC)cc1. The highest BCUT2D eigenvalue weighted by Crippen LogP contribution is 2.26. The number of carbonyl (C=O) groups excluding carboxylic acids is 1. The maximum absolute atomic E-state index is 11.6. The Morgan fingerprint density at radius 1 is 1.41 bits per heavy atom. The quantitative estimate of drug-likeness (QED) is 0.835. The molecule has 0 bridgehead atoms. The molecule has 90 valence electrons. The van der Waals surface area contributed by atoms with Crippen molar-refractivity contribution in [3.05, 3.63) is 29.8 Å². The number of likely N-dealkylation sites (N-methyl/N-ethyl adjacent to an activating group) is 1. The molecule has 1 fully saturated rings.